The summed E-state index contributed by atoms with van der Waals surface area (Å²) in [5, 5.41) is 7.49. The first-order valence-electron chi connectivity index (χ1n) is 4.49. The predicted molar refractivity (Wildman–Crippen MR) is 53.5 cm³/mol. The van der Waals surface area contributed by atoms with E-state index in [-0.39, 0.29) is 0 Å². The highest BCUT2D eigenvalue weighted by atomic mass is 15.2. The van der Waals surface area contributed by atoms with Crippen molar-refractivity contribution in [2.45, 2.75) is 13.1 Å². The van der Waals surface area contributed by atoms with Gasteiger partial charge in [-0.15, -0.1) is 10.2 Å². The Morgan fingerprint density at radius 1 is 1.00 bits per heavy atom. The van der Waals surface area contributed by atoms with Crippen LogP contribution in [0.2, 0.25) is 0 Å². The number of aromatic nitrogens is 3. The summed E-state index contributed by atoms with van der Waals surface area (Å²) in [5.41, 5.74) is 7.89. The molecule has 2 aromatic rings. The van der Waals surface area contributed by atoms with Gasteiger partial charge in [0.2, 0.25) is 0 Å². The molecule has 72 valence electrons. The molecular formula is C10H12N4. The molecule has 1 heterocycles. The second kappa shape index (κ2) is 4.02. The standard InChI is InChI=1S/C10H12N4/c11-5-9-1-3-10(4-2-9)6-14-7-12-13-8-14/h1-4,7-8H,5-6,11H2. The van der Waals surface area contributed by atoms with Gasteiger partial charge in [-0.1, -0.05) is 24.3 Å². The minimum atomic E-state index is 0.590. The normalized spacial score (nSPS) is 10.4. The average molecular weight is 188 g/mol. The summed E-state index contributed by atoms with van der Waals surface area (Å²) in [6, 6.07) is 8.23. The van der Waals surface area contributed by atoms with Crippen LogP contribution in [0.3, 0.4) is 0 Å². The molecule has 1 aromatic heterocycles. The quantitative estimate of drug-likeness (QED) is 0.774. The molecular weight excluding hydrogens is 176 g/mol. The van der Waals surface area contributed by atoms with Crippen molar-refractivity contribution in [3.8, 4) is 0 Å². The van der Waals surface area contributed by atoms with E-state index in [1.54, 1.807) is 12.7 Å². The summed E-state index contributed by atoms with van der Waals surface area (Å²) in [6.07, 6.45) is 3.41. The number of hydrogen-bond donors (Lipinski definition) is 1. The van der Waals surface area contributed by atoms with E-state index in [0.717, 1.165) is 12.1 Å². The summed E-state index contributed by atoms with van der Waals surface area (Å²) >= 11 is 0. The van der Waals surface area contributed by atoms with Gasteiger partial charge in [-0.3, -0.25) is 0 Å². The van der Waals surface area contributed by atoms with E-state index in [4.69, 9.17) is 5.73 Å². The zero-order chi connectivity index (χ0) is 9.80. The second-order valence-electron chi connectivity index (χ2n) is 3.15. The van der Waals surface area contributed by atoms with Crippen LogP contribution in [0.25, 0.3) is 0 Å². The van der Waals surface area contributed by atoms with Crippen LogP contribution in [0.1, 0.15) is 11.1 Å². The molecule has 0 unspecified atom stereocenters. The van der Waals surface area contributed by atoms with Crippen LogP contribution in [-0.4, -0.2) is 14.8 Å². The largest absolute Gasteiger partial charge is 0.326 e. The zero-order valence-electron chi connectivity index (χ0n) is 7.80. The lowest BCUT2D eigenvalue weighted by atomic mass is 10.1. The Labute approximate surface area is 82.4 Å². The summed E-state index contributed by atoms with van der Waals surface area (Å²) in [7, 11) is 0. The molecule has 0 bridgehead atoms. The highest BCUT2D eigenvalue weighted by molar-refractivity contribution is 5.22. The van der Waals surface area contributed by atoms with Crippen LogP contribution >= 0.6 is 0 Å². The zero-order valence-corrected chi connectivity index (χ0v) is 7.80. The SMILES string of the molecule is NCc1ccc(Cn2cnnc2)cc1. The Hall–Kier alpha value is -1.68. The topological polar surface area (TPSA) is 56.7 Å². The smallest absolute Gasteiger partial charge is 0.119 e. The van der Waals surface area contributed by atoms with Crippen molar-refractivity contribution in [3.05, 3.63) is 48.0 Å². The van der Waals surface area contributed by atoms with Gasteiger partial charge in [-0.2, -0.15) is 0 Å². The van der Waals surface area contributed by atoms with E-state index in [2.05, 4.69) is 22.3 Å². The first-order valence-corrected chi connectivity index (χ1v) is 4.49. The van der Waals surface area contributed by atoms with Gasteiger partial charge >= 0.3 is 0 Å². The van der Waals surface area contributed by atoms with Crippen LogP contribution in [0.5, 0.6) is 0 Å². The Kier molecular flexibility index (Phi) is 2.55. The monoisotopic (exact) mass is 188 g/mol. The van der Waals surface area contributed by atoms with Crippen LogP contribution in [0.4, 0.5) is 0 Å². The van der Waals surface area contributed by atoms with Gasteiger partial charge in [0.15, 0.2) is 0 Å². The molecule has 0 aliphatic rings. The fraction of sp³-hybridized carbons (Fsp3) is 0.200. The van der Waals surface area contributed by atoms with Crippen LogP contribution in [0, 0.1) is 0 Å². The third-order valence-electron chi connectivity index (χ3n) is 2.09. The van der Waals surface area contributed by atoms with E-state index >= 15 is 0 Å². The van der Waals surface area contributed by atoms with E-state index in [9.17, 15) is 0 Å². The van der Waals surface area contributed by atoms with Crippen LogP contribution in [-0.2, 0) is 13.1 Å². The molecule has 14 heavy (non-hydrogen) atoms. The minimum absolute atomic E-state index is 0.590. The van der Waals surface area contributed by atoms with Crippen molar-refractivity contribution < 1.29 is 0 Å². The lowest BCUT2D eigenvalue weighted by Crippen LogP contribution is -1.99. The summed E-state index contributed by atoms with van der Waals surface area (Å²) in [5.74, 6) is 0. The molecule has 0 atom stereocenters. The van der Waals surface area contributed by atoms with Crippen molar-refractivity contribution in [2.75, 3.05) is 0 Å². The lowest BCUT2D eigenvalue weighted by molar-refractivity contribution is 0.793. The van der Waals surface area contributed by atoms with E-state index in [1.165, 1.54) is 5.56 Å². The lowest BCUT2D eigenvalue weighted by Gasteiger charge is -2.02. The summed E-state index contributed by atoms with van der Waals surface area (Å²) < 4.78 is 1.93. The first kappa shape index (κ1) is 8.90. The molecule has 4 nitrogen and oxygen atoms in total. The van der Waals surface area contributed by atoms with E-state index in [0.29, 0.717) is 6.54 Å². The number of nitrogens with zero attached hydrogens (tertiary/aromatic N) is 3. The molecule has 0 aliphatic carbocycles. The Morgan fingerprint density at radius 2 is 1.57 bits per heavy atom. The number of hydrogen-bond acceptors (Lipinski definition) is 3. The van der Waals surface area contributed by atoms with Gasteiger partial charge in [-0.25, -0.2) is 0 Å². The fourth-order valence-electron chi connectivity index (χ4n) is 1.30. The maximum atomic E-state index is 5.51. The third kappa shape index (κ3) is 1.97. The maximum absolute atomic E-state index is 5.51. The number of nitrogens with two attached hydrogens (primary N) is 1. The van der Waals surface area contributed by atoms with Crippen molar-refractivity contribution in [1.82, 2.24) is 14.8 Å². The molecule has 0 aliphatic heterocycles. The minimum Gasteiger partial charge on any atom is -0.326 e. The molecule has 2 rings (SSSR count). The molecule has 0 amide bonds. The van der Waals surface area contributed by atoms with E-state index in [1.807, 2.05) is 16.7 Å². The Morgan fingerprint density at radius 3 is 2.14 bits per heavy atom. The highest BCUT2D eigenvalue weighted by Crippen LogP contribution is 2.05. The van der Waals surface area contributed by atoms with Gasteiger partial charge in [-0.05, 0) is 11.1 Å². The molecule has 0 fully saturated rings. The third-order valence-corrected chi connectivity index (χ3v) is 2.09. The van der Waals surface area contributed by atoms with Gasteiger partial charge < -0.3 is 10.3 Å². The van der Waals surface area contributed by atoms with Gasteiger partial charge in [0.1, 0.15) is 12.7 Å². The molecule has 0 spiro atoms. The predicted octanol–water partition coefficient (Wildman–Crippen LogP) is 0.785. The molecule has 2 N–H and O–H groups in total. The molecule has 0 saturated carbocycles. The fourth-order valence-corrected chi connectivity index (χ4v) is 1.30. The summed E-state index contributed by atoms with van der Waals surface area (Å²) in [4.78, 5) is 0. The van der Waals surface area contributed by atoms with Crippen LogP contribution < -0.4 is 5.73 Å². The number of benzene rings is 1. The molecule has 1 aromatic carbocycles. The van der Waals surface area contributed by atoms with Gasteiger partial charge in [0, 0.05) is 13.1 Å². The number of rotatable bonds is 3. The first-order chi connectivity index (χ1) is 6.88. The molecule has 0 saturated heterocycles. The maximum Gasteiger partial charge on any atom is 0.119 e. The van der Waals surface area contributed by atoms with Crippen molar-refractivity contribution in [2.24, 2.45) is 5.73 Å². The van der Waals surface area contributed by atoms with Crippen molar-refractivity contribution in [1.29, 1.82) is 0 Å². The Balaban J connectivity index is 2.10. The average Bonchev–Trinajstić information content (AvgIpc) is 2.72. The van der Waals surface area contributed by atoms with Crippen molar-refractivity contribution in [3.63, 3.8) is 0 Å². The van der Waals surface area contributed by atoms with Crippen LogP contribution in [0.15, 0.2) is 36.9 Å². The second-order valence-corrected chi connectivity index (χ2v) is 3.15. The van der Waals surface area contributed by atoms with Gasteiger partial charge in [0.05, 0.1) is 0 Å². The molecule has 0 radical (unpaired) electrons. The van der Waals surface area contributed by atoms with Crippen molar-refractivity contribution >= 4 is 0 Å². The van der Waals surface area contributed by atoms with Gasteiger partial charge in [0.25, 0.3) is 0 Å². The Bertz CT molecular complexity index is 377. The molecule has 4 heteroatoms. The van der Waals surface area contributed by atoms with E-state index < -0.39 is 0 Å². The highest BCUT2D eigenvalue weighted by Gasteiger charge is 1.95. The summed E-state index contributed by atoms with van der Waals surface area (Å²) in [6.45, 7) is 1.39.